The Morgan fingerprint density at radius 1 is 1.75 bits per heavy atom. The molecule has 0 saturated carbocycles. The number of hydrogen-bond acceptors (Lipinski definition) is 4. The van der Waals surface area contributed by atoms with E-state index in [0.717, 1.165) is 12.2 Å². The molecule has 0 amide bonds. The molecular weight excluding hydrogens is 198 g/mol. The van der Waals surface area contributed by atoms with E-state index in [2.05, 4.69) is 10.1 Å². The van der Waals surface area contributed by atoms with Crippen LogP contribution in [0.2, 0.25) is 0 Å². The fraction of sp³-hybridized carbons (Fsp3) is 0.857. The van der Waals surface area contributed by atoms with E-state index in [0.29, 0.717) is 0 Å². The molecule has 0 aliphatic carbocycles. The zero-order chi connectivity index (χ0) is 9.40. The van der Waals surface area contributed by atoms with E-state index in [1.807, 2.05) is 6.26 Å². The molecule has 0 fully saturated rings. The lowest BCUT2D eigenvalue weighted by Crippen LogP contribution is -2.37. The molecule has 1 N–H and O–H groups in total. The highest BCUT2D eigenvalue weighted by Crippen LogP contribution is 2.02. The third kappa shape index (κ3) is 4.85. The summed E-state index contributed by atoms with van der Waals surface area (Å²) in [6.07, 6.45) is 2.75. The van der Waals surface area contributed by atoms with Crippen LogP contribution in [-0.2, 0) is 9.53 Å². The minimum Gasteiger partial charge on any atom is -0.468 e. The fourth-order valence-corrected chi connectivity index (χ4v) is 1.43. The lowest BCUT2D eigenvalue weighted by Gasteiger charge is -2.13. The van der Waals surface area contributed by atoms with Crippen LogP contribution >= 0.6 is 23.4 Å². The number of carbonyl (C=O) groups is 1. The molecule has 0 aliphatic rings. The molecule has 0 aromatic rings. The zero-order valence-electron chi connectivity index (χ0n) is 7.30. The number of hydrogen-bond donors (Lipinski definition) is 1. The Balaban J connectivity index is 3.76. The summed E-state index contributed by atoms with van der Waals surface area (Å²) in [5.74, 6) is 0.675. The lowest BCUT2D eigenvalue weighted by molar-refractivity contribution is -0.143. The second-order valence-electron chi connectivity index (χ2n) is 2.19. The van der Waals surface area contributed by atoms with Crippen molar-refractivity contribution in [3.63, 3.8) is 0 Å². The zero-order valence-corrected chi connectivity index (χ0v) is 8.87. The summed E-state index contributed by atoms with van der Waals surface area (Å²) < 4.78 is 4.59. The number of esters is 1. The molecule has 5 heteroatoms. The first-order valence-electron chi connectivity index (χ1n) is 3.62. The maximum Gasteiger partial charge on any atom is 0.322 e. The Kier molecular flexibility index (Phi) is 7.75. The van der Waals surface area contributed by atoms with Gasteiger partial charge in [0.1, 0.15) is 6.04 Å². The molecule has 0 aromatic carbocycles. The number of thioether (sulfide) groups is 1. The molecule has 3 nitrogen and oxygen atoms in total. The number of nitrogens with one attached hydrogen (secondary N) is 1. The van der Waals surface area contributed by atoms with Gasteiger partial charge in [0.2, 0.25) is 0 Å². The molecule has 0 bridgehead atoms. The van der Waals surface area contributed by atoms with Crippen LogP contribution in [0.1, 0.15) is 6.42 Å². The van der Waals surface area contributed by atoms with Gasteiger partial charge in [0.25, 0.3) is 0 Å². The van der Waals surface area contributed by atoms with Gasteiger partial charge in [-0.05, 0) is 18.4 Å². The van der Waals surface area contributed by atoms with Gasteiger partial charge in [0.15, 0.2) is 0 Å². The summed E-state index contributed by atoms with van der Waals surface area (Å²) in [5, 5.41) is 2.85. The molecule has 0 saturated heterocycles. The van der Waals surface area contributed by atoms with Crippen molar-refractivity contribution in [3.8, 4) is 0 Å². The van der Waals surface area contributed by atoms with E-state index in [-0.39, 0.29) is 18.0 Å². The molecule has 72 valence electrons. The number of carbonyl (C=O) groups excluding carboxylic acids is 1. The van der Waals surface area contributed by atoms with Crippen molar-refractivity contribution in [2.45, 2.75) is 12.5 Å². The molecule has 0 rings (SSSR count). The van der Waals surface area contributed by atoms with Crippen LogP contribution in [0.3, 0.4) is 0 Å². The maximum absolute atomic E-state index is 11.1. The molecule has 1 atom stereocenters. The van der Waals surface area contributed by atoms with Gasteiger partial charge in [0, 0.05) is 0 Å². The normalized spacial score (nSPS) is 12.6. The van der Waals surface area contributed by atoms with E-state index in [9.17, 15) is 4.79 Å². The number of methoxy groups -OCH3 is 1. The van der Waals surface area contributed by atoms with Gasteiger partial charge in [-0.25, -0.2) is 0 Å². The van der Waals surface area contributed by atoms with Gasteiger partial charge < -0.3 is 4.74 Å². The van der Waals surface area contributed by atoms with Crippen LogP contribution in [0.15, 0.2) is 0 Å². The van der Waals surface area contributed by atoms with E-state index in [4.69, 9.17) is 11.6 Å². The first-order chi connectivity index (χ1) is 5.76. The maximum atomic E-state index is 11.1. The van der Waals surface area contributed by atoms with E-state index < -0.39 is 0 Å². The summed E-state index contributed by atoms with van der Waals surface area (Å²) in [5.41, 5.74) is 0. The van der Waals surface area contributed by atoms with Crippen LogP contribution in [0.5, 0.6) is 0 Å². The minimum atomic E-state index is -0.264. The molecule has 0 radical (unpaired) electrons. The number of halogens is 1. The highest BCUT2D eigenvalue weighted by atomic mass is 35.5. The van der Waals surface area contributed by atoms with Crippen molar-refractivity contribution in [3.05, 3.63) is 0 Å². The van der Waals surface area contributed by atoms with Gasteiger partial charge >= 0.3 is 5.97 Å². The van der Waals surface area contributed by atoms with Crippen LogP contribution in [0.4, 0.5) is 0 Å². The fourth-order valence-electron chi connectivity index (χ4n) is 0.774. The molecule has 12 heavy (non-hydrogen) atoms. The Morgan fingerprint density at radius 2 is 2.42 bits per heavy atom. The van der Waals surface area contributed by atoms with E-state index in [1.54, 1.807) is 11.8 Å². The van der Waals surface area contributed by atoms with E-state index in [1.165, 1.54) is 7.11 Å². The van der Waals surface area contributed by atoms with Crippen molar-refractivity contribution in [2.75, 3.05) is 25.1 Å². The summed E-state index contributed by atoms with van der Waals surface area (Å²) in [6, 6.07) is 0.00804. The lowest BCUT2D eigenvalue weighted by atomic mass is 10.2. The highest BCUT2D eigenvalue weighted by Gasteiger charge is 2.16. The standard InChI is InChI=1S/C7H14ClNO2S/c1-11-7(10)6(9-5-8)3-4-12-2/h6,9H,3-5H2,1-2H3/t6-/m0/s1. The monoisotopic (exact) mass is 211 g/mol. The van der Waals surface area contributed by atoms with Crippen LogP contribution in [0, 0.1) is 0 Å². The van der Waals surface area contributed by atoms with Crippen LogP contribution < -0.4 is 5.32 Å². The number of ether oxygens (including phenoxy) is 1. The predicted octanol–water partition coefficient (Wildman–Crippen LogP) is 1.07. The van der Waals surface area contributed by atoms with Gasteiger partial charge in [-0.3, -0.25) is 10.1 Å². The van der Waals surface area contributed by atoms with Crippen molar-refractivity contribution >= 4 is 29.3 Å². The first kappa shape index (κ1) is 12.1. The van der Waals surface area contributed by atoms with Gasteiger partial charge in [-0.1, -0.05) is 0 Å². The van der Waals surface area contributed by atoms with Crippen molar-refractivity contribution in [2.24, 2.45) is 0 Å². The largest absolute Gasteiger partial charge is 0.468 e. The minimum absolute atomic E-state index is 0.246. The molecule has 0 unspecified atom stereocenters. The van der Waals surface area contributed by atoms with Gasteiger partial charge in [-0.2, -0.15) is 11.8 Å². The summed E-state index contributed by atoms with van der Waals surface area (Å²) in [7, 11) is 1.38. The molecule has 0 heterocycles. The average molecular weight is 212 g/mol. The van der Waals surface area contributed by atoms with E-state index >= 15 is 0 Å². The summed E-state index contributed by atoms with van der Waals surface area (Å²) in [4.78, 5) is 11.1. The Hall–Kier alpha value is 0.0700. The van der Waals surface area contributed by atoms with Crippen molar-refractivity contribution in [1.82, 2.24) is 5.32 Å². The Labute approximate surface area is 82.2 Å². The predicted molar refractivity (Wildman–Crippen MR) is 52.7 cm³/mol. The SMILES string of the molecule is COC(=O)[C@H](CCSC)NCCl. The topological polar surface area (TPSA) is 38.3 Å². The third-order valence-corrected chi connectivity index (χ3v) is 2.22. The smallest absolute Gasteiger partial charge is 0.322 e. The number of rotatable bonds is 6. The second-order valence-corrected chi connectivity index (χ2v) is 3.45. The number of alkyl halides is 1. The molecular formula is C7H14ClNO2S. The summed E-state index contributed by atoms with van der Waals surface area (Å²) >= 11 is 7.14. The van der Waals surface area contributed by atoms with Crippen molar-refractivity contribution in [1.29, 1.82) is 0 Å². The highest BCUT2D eigenvalue weighted by molar-refractivity contribution is 7.98. The van der Waals surface area contributed by atoms with Gasteiger partial charge in [-0.15, -0.1) is 11.6 Å². The Morgan fingerprint density at radius 3 is 2.83 bits per heavy atom. The second kappa shape index (κ2) is 7.71. The van der Waals surface area contributed by atoms with Gasteiger partial charge in [0.05, 0.1) is 13.1 Å². The Bertz CT molecular complexity index is 135. The average Bonchev–Trinajstić information content (AvgIpc) is 2.11. The van der Waals surface area contributed by atoms with Crippen molar-refractivity contribution < 1.29 is 9.53 Å². The molecule has 0 spiro atoms. The van der Waals surface area contributed by atoms with Crippen LogP contribution in [-0.4, -0.2) is 37.1 Å². The summed E-state index contributed by atoms with van der Waals surface area (Å²) in [6.45, 7) is 0. The molecule has 0 aromatic heterocycles. The third-order valence-electron chi connectivity index (χ3n) is 1.42. The van der Waals surface area contributed by atoms with Crippen LogP contribution in [0.25, 0.3) is 0 Å². The quantitative estimate of drug-likeness (QED) is 0.405. The molecule has 0 aliphatic heterocycles. The first-order valence-corrected chi connectivity index (χ1v) is 5.55.